The lowest BCUT2D eigenvalue weighted by Gasteiger charge is -2.66. The standard InChI is InChI=1S/C28H44O/c1-18(2)28-14-7-8-21(28)19-9-10-23-26(5,20(19)11-17-28)15-12-22-25(3,4)24(29)13-16-27(22,23)6/h11,18-19,21-23H,7-10,12-17H2,1-6H3/t19-,21+,22+,23+,26+,27+,28-/m1/s1. The number of rotatable bonds is 1. The zero-order valence-corrected chi connectivity index (χ0v) is 19.9. The average Bonchev–Trinajstić information content (AvgIpc) is 3.11. The summed E-state index contributed by atoms with van der Waals surface area (Å²) in [5.74, 6) is 4.50. The maximum Gasteiger partial charge on any atom is 0.138 e. The summed E-state index contributed by atoms with van der Waals surface area (Å²) in [4.78, 5) is 12.8. The molecule has 0 aromatic carbocycles. The minimum absolute atomic E-state index is 0.121. The highest BCUT2D eigenvalue weighted by atomic mass is 16.1. The van der Waals surface area contributed by atoms with E-state index in [2.05, 4.69) is 47.6 Å². The predicted molar refractivity (Wildman–Crippen MR) is 120 cm³/mol. The summed E-state index contributed by atoms with van der Waals surface area (Å²) in [6, 6.07) is 0. The number of hydrogen-bond acceptors (Lipinski definition) is 1. The highest BCUT2D eigenvalue weighted by Crippen LogP contribution is 2.72. The van der Waals surface area contributed by atoms with Crippen molar-refractivity contribution in [1.82, 2.24) is 0 Å². The molecule has 0 N–H and O–H groups in total. The SMILES string of the molecule is CC(C)[C@@]12CC=C3[C@@H](CC[C@@H]4[C@@]5(C)CCC(=O)C(C)(C)[C@@H]5CC[C@@]34C)[C@@H]1CCC2. The Bertz CT molecular complexity index is 743. The third kappa shape index (κ3) is 2.43. The van der Waals surface area contributed by atoms with E-state index in [1.54, 1.807) is 0 Å². The molecule has 7 atom stereocenters. The van der Waals surface area contributed by atoms with Gasteiger partial charge in [-0.25, -0.2) is 0 Å². The van der Waals surface area contributed by atoms with Crippen LogP contribution in [0.5, 0.6) is 0 Å². The molecule has 4 fully saturated rings. The lowest BCUT2D eigenvalue weighted by molar-refractivity contribution is -0.162. The number of hydrogen-bond donors (Lipinski definition) is 0. The topological polar surface area (TPSA) is 17.1 Å². The molecule has 0 aliphatic heterocycles. The predicted octanol–water partition coefficient (Wildman–Crippen LogP) is 7.60. The van der Waals surface area contributed by atoms with Crippen molar-refractivity contribution in [3.05, 3.63) is 11.6 Å². The highest BCUT2D eigenvalue weighted by Gasteiger charge is 2.64. The van der Waals surface area contributed by atoms with Crippen molar-refractivity contribution in [2.45, 2.75) is 106 Å². The molecule has 0 amide bonds. The summed E-state index contributed by atoms with van der Waals surface area (Å²) in [7, 11) is 0. The van der Waals surface area contributed by atoms with Gasteiger partial charge in [-0.2, -0.15) is 0 Å². The van der Waals surface area contributed by atoms with Crippen LogP contribution in [-0.2, 0) is 4.79 Å². The fourth-order valence-electron chi connectivity index (χ4n) is 10.3. The number of ketones is 1. The lowest BCUT2D eigenvalue weighted by atomic mass is 9.38. The summed E-state index contributed by atoms with van der Waals surface area (Å²) in [5.41, 5.74) is 3.09. The first-order valence-electron chi connectivity index (χ1n) is 12.8. The second kappa shape index (κ2) is 6.23. The lowest BCUT2D eigenvalue weighted by Crippen LogP contribution is -2.60. The van der Waals surface area contributed by atoms with Crippen LogP contribution in [0.2, 0.25) is 0 Å². The monoisotopic (exact) mass is 396 g/mol. The molecule has 0 heterocycles. The molecule has 0 unspecified atom stereocenters. The van der Waals surface area contributed by atoms with Crippen LogP contribution in [0, 0.1) is 51.2 Å². The number of Topliss-reactive ketones (excluding diaryl/α,β-unsaturated/α-hetero) is 1. The highest BCUT2D eigenvalue weighted by molar-refractivity contribution is 5.85. The Morgan fingerprint density at radius 1 is 0.931 bits per heavy atom. The number of carbonyl (C=O) groups excluding carboxylic acids is 1. The molecule has 5 aliphatic rings. The maximum absolute atomic E-state index is 12.8. The molecular formula is C28H44O. The Kier molecular flexibility index (Phi) is 4.36. The van der Waals surface area contributed by atoms with Crippen LogP contribution < -0.4 is 0 Å². The van der Waals surface area contributed by atoms with Gasteiger partial charge in [0, 0.05) is 11.8 Å². The first kappa shape index (κ1) is 20.3. The van der Waals surface area contributed by atoms with E-state index in [-0.39, 0.29) is 5.41 Å². The van der Waals surface area contributed by atoms with Crippen LogP contribution in [0.3, 0.4) is 0 Å². The molecule has 4 saturated carbocycles. The molecular weight excluding hydrogens is 352 g/mol. The molecule has 0 saturated heterocycles. The van der Waals surface area contributed by atoms with Gasteiger partial charge in [0.25, 0.3) is 0 Å². The summed E-state index contributed by atoms with van der Waals surface area (Å²) < 4.78 is 0. The second-order valence-electron chi connectivity index (χ2n) is 13.1. The van der Waals surface area contributed by atoms with Crippen molar-refractivity contribution in [1.29, 1.82) is 0 Å². The van der Waals surface area contributed by atoms with E-state index >= 15 is 0 Å². The third-order valence-corrected chi connectivity index (χ3v) is 11.9. The summed E-state index contributed by atoms with van der Waals surface area (Å²) in [6.07, 6.45) is 15.9. The van der Waals surface area contributed by atoms with Gasteiger partial charge in [-0.15, -0.1) is 0 Å². The Balaban J connectivity index is 1.53. The molecule has 0 aromatic rings. The molecule has 0 bridgehead atoms. The fraction of sp³-hybridized carbons (Fsp3) is 0.893. The van der Waals surface area contributed by atoms with Gasteiger partial charge in [-0.1, -0.05) is 59.6 Å². The van der Waals surface area contributed by atoms with Gasteiger partial charge in [0.1, 0.15) is 5.78 Å². The molecule has 1 nitrogen and oxygen atoms in total. The normalized spacial score (nSPS) is 51.0. The van der Waals surface area contributed by atoms with Crippen LogP contribution in [0.15, 0.2) is 11.6 Å². The van der Waals surface area contributed by atoms with Crippen LogP contribution in [-0.4, -0.2) is 5.78 Å². The molecule has 5 aliphatic carbocycles. The zero-order chi connectivity index (χ0) is 20.8. The van der Waals surface area contributed by atoms with Crippen LogP contribution in [0.1, 0.15) is 106 Å². The van der Waals surface area contributed by atoms with E-state index in [9.17, 15) is 4.79 Å². The second-order valence-corrected chi connectivity index (χ2v) is 13.1. The van der Waals surface area contributed by atoms with Crippen molar-refractivity contribution >= 4 is 5.78 Å². The quantitative estimate of drug-likeness (QED) is 0.417. The molecule has 162 valence electrons. The summed E-state index contributed by atoms with van der Waals surface area (Å²) in [5, 5.41) is 0. The van der Waals surface area contributed by atoms with E-state index in [1.165, 1.54) is 51.4 Å². The number of allylic oxidation sites excluding steroid dienone is 2. The molecule has 0 aromatic heterocycles. The maximum atomic E-state index is 12.8. The Morgan fingerprint density at radius 3 is 2.41 bits per heavy atom. The molecule has 29 heavy (non-hydrogen) atoms. The average molecular weight is 397 g/mol. The molecule has 0 radical (unpaired) electrons. The number of fused-ring (bicyclic) bond motifs is 7. The van der Waals surface area contributed by atoms with Crippen LogP contribution >= 0.6 is 0 Å². The van der Waals surface area contributed by atoms with Gasteiger partial charge >= 0.3 is 0 Å². The Morgan fingerprint density at radius 2 is 1.69 bits per heavy atom. The van der Waals surface area contributed by atoms with Crippen molar-refractivity contribution in [2.75, 3.05) is 0 Å². The van der Waals surface area contributed by atoms with Gasteiger partial charge in [-0.05, 0) is 97.2 Å². The van der Waals surface area contributed by atoms with Gasteiger partial charge in [0.2, 0.25) is 0 Å². The van der Waals surface area contributed by atoms with Crippen molar-refractivity contribution in [3.63, 3.8) is 0 Å². The fourth-order valence-corrected chi connectivity index (χ4v) is 10.3. The molecule has 0 spiro atoms. The van der Waals surface area contributed by atoms with Gasteiger partial charge in [-0.3, -0.25) is 4.79 Å². The van der Waals surface area contributed by atoms with E-state index < -0.39 is 0 Å². The minimum atomic E-state index is -0.121. The van der Waals surface area contributed by atoms with Crippen molar-refractivity contribution < 1.29 is 4.79 Å². The van der Waals surface area contributed by atoms with E-state index in [0.717, 1.165) is 36.5 Å². The zero-order valence-electron chi connectivity index (χ0n) is 19.9. The van der Waals surface area contributed by atoms with Gasteiger partial charge < -0.3 is 0 Å². The number of carbonyl (C=O) groups is 1. The molecule has 1 heteroatoms. The van der Waals surface area contributed by atoms with Crippen molar-refractivity contribution in [2.24, 2.45) is 51.2 Å². The van der Waals surface area contributed by atoms with Crippen LogP contribution in [0.4, 0.5) is 0 Å². The van der Waals surface area contributed by atoms with Gasteiger partial charge in [0.15, 0.2) is 0 Å². The first-order valence-corrected chi connectivity index (χ1v) is 12.8. The minimum Gasteiger partial charge on any atom is -0.299 e. The summed E-state index contributed by atoms with van der Waals surface area (Å²) >= 11 is 0. The largest absolute Gasteiger partial charge is 0.299 e. The Hall–Kier alpha value is -0.590. The molecule has 5 rings (SSSR count). The third-order valence-electron chi connectivity index (χ3n) is 11.9. The smallest absolute Gasteiger partial charge is 0.138 e. The Labute approximate surface area is 179 Å². The van der Waals surface area contributed by atoms with Gasteiger partial charge in [0.05, 0.1) is 0 Å². The van der Waals surface area contributed by atoms with E-state index in [1.807, 2.05) is 5.57 Å². The summed E-state index contributed by atoms with van der Waals surface area (Å²) in [6.45, 7) is 14.8. The van der Waals surface area contributed by atoms with E-state index in [4.69, 9.17) is 0 Å². The first-order chi connectivity index (χ1) is 13.6. The van der Waals surface area contributed by atoms with Crippen molar-refractivity contribution in [3.8, 4) is 0 Å². The van der Waals surface area contributed by atoms with E-state index in [0.29, 0.717) is 27.9 Å². The van der Waals surface area contributed by atoms with Crippen LogP contribution in [0.25, 0.3) is 0 Å².